The molecule has 1 unspecified atom stereocenters. The van der Waals surface area contributed by atoms with E-state index in [9.17, 15) is 4.79 Å². The minimum Gasteiger partial charge on any atom is -0.346 e. The van der Waals surface area contributed by atoms with Crippen molar-refractivity contribution in [3.63, 3.8) is 0 Å². The van der Waals surface area contributed by atoms with Gasteiger partial charge in [0.15, 0.2) is 0 Å². The van der Waals surface area contributed by atoms with Gasteiger partial charge in [0, 0.05) is 54.3 Å². The molecule has 2 aromatic heterocycles. The number of para-hydroxylation sites is 3. The summed E-state index contributed by atoms with van der Waals surface area (Å²) in [6.07, 6.45) is 8.06. The van der Waals surface area contributed by atoms with Crippen LogP contribution in [0.1, 0.15) is 36.6 Å². The number of aryl methyl sites for hydroxylation is 1. The van der Waals surface area contributed by atoms with Crippen LogP contribution < -0.4 is 0 Å². The number of hydrogen-bond acceptors (Lipinski definition) is 3. The highest BCUT2D eigenvalue weighted by molar-refractivity contribution is 5.96. The van der Waals surface area contributed by atoms with E-state index in [2.05, 4.69) is 27.8 Å². The van der Waals surface area contributed by atoms with Crippen LogP contribution in [0.15, 0.2) is 60.8 Å². The first-order valence-electron chi connectivity index (χ1n) is 11.1. The second-order valence-electron chi connectivity index (χ2n) is 8.30. The molecule has 1 N–H and O–H groups in total. The van der Waals surface area contributed by atoms with E-state index < -0.39 is 0 Å². The smallest absolute Gasteiger partial charge is 0.246 e. The predicted molar refractivity (Wildman–Crippen MR) is 126 cm³/mol. The van der Waals surface area contributed by atoms with Crippen molar-refractivity contribution in [1.82, 2.24) is 19.4 Å². The van der Waals surface area contributed by atoms with Crippen molar-refractivity contribution in [2.75, 3.05) is 13.1 Å². The molecule has 1 fully saturated rings. The third-order valence-electron chi connectivity index (χ3n) is 6.22. The number of likely N-dealkylation sites (tertiary alicyclic amines) is 1. The monoisotopic (exact) mass is 423 g/mol. The number of nitriles is 1. The van der Waals surface area contributed by atoms with Gasteiger partial charge in [0.05, 0.1) is 23.5 Å². The van der Waals surface area contributed by atoms with Gasteiger partial charge in [0.1, 0.15) is 5.82 Å². The molecule has 0 spiro atoms. The quantitative estimate of drug-likeness (QED) is 0.466. The van der Waals surface area contributed by atoms with Gasteiger partial charge >= 0.3 is 0 Å². The van der Waals surface area contributed by atoms with Crippen LogP contribution in [0, 0.1) is 11.3 Å². The lowest BCUT2D eigenvalue weighted by Crippen LogP contribution is -2.38. The highest BCUT2D eigenvalue weighted by Gasteiger charge is 2.25. The SMILES string of the molecule is N#CCCn1cc(/C=C/C(=O)N2CCCC(c3nc4ccccc4[nH]3)C2)c2ccccc21. The number of amides is 1. The van der Waals surface area contributed by atoms with Crippen molar-refractivity contribution >= 4 is 33.9 Å². The molecule has 1 saturated heterocycles. The Balaban J connectivity index is 1.33. The number of carbonyl (C=O) groups excluding carboxylic acids is 1. The number of imidazole rings is 1. The Hall–Kier alpha value is -3.85. The fourth-order valence-corrected chi connectivity index (χ4v) is 4.60. The highest BCUT2D eigenvalue weighted by Crippen LogP contribution is 2.27. The Morgan fingerprint density at radius 2 is 2.06 bits per heavy atom. The van der Waals surface area contributed by atoms with Crippen LogP contribution in [0.4, 0.5) is 0 Å². The second-order valence-corrected chi connectivity index (χ2v) is 8.30. The fraction of sp³-hybridized carbons (Fsp3) is 0.269. The van der Waals surface area contributed by atoms with E-state index in [0.717, 1.165) is 52.7 Å². The van der Waals surface area contributed by atoms with Gasteiger partial charge in [-0.05, 0) is 37.1 Å². The van der Waals surface area contributed by atoms with Gasteiger partial charge in [-0.1, -0.05) is 30.3 Å². The van der Waals surface area contributed by atoms with Crippen molar-refractivity contribution < 1.29 is 4.79 Å². The van der Waals surface area contributed by atoms with Crippen LogP contribution in [0.2, 0.25) is 0 Å². The van der Waals surface area contributed by atoms with Gasteiger partial charge in [0.2, 0.25) is 5.91 Å². The van der Waals surface area contributed by atoms with E-state index in [1.54, 1.807) is 6.08 Å². The number of piperidine rings is 1. The van der Waals surface area contributed by atoms with Crippen LogP contribution in [0.3, 0.4) is 0 Å². The molecule has 1 atom stereocenters. The first-order valence-corrected chi connectivity index (χ1v) is 11.1. The lowest BCUT2D eigenvalue weighted by molar-refractivity contribution is -0.127. The average molecular weight is 424 g/mol. The number of H-pyrrole nitrogens is 1. The van der Waals surface area contributed by atoms with Crippen LogP contribution in [0.5, 0.6) is 0 Å². The van der Waals surface area contributed by atoms with Crippen molar-refractivity contribution in [2.24, 2.45) is 0 Å². The minimum atomic E-state index is 0.0275. The van der Waals surface area contributed by atoms with Gasteiger partial charge < -0.3 is 14.5 Å². The summed E-state index contributed by atoms with van der Waals surface area (Å²) in [6.45, 7) is 2.08. The number of carbonyl (C=O) groups is 1. The maximum absolute atomic E-state index is 13.0. The third kappa shape index (κ3) is 3.90. The molecule has 1 aliphatic rings. The summed E-state index contributed by atoms with van der Waals surface area (Å²) in [5.41, 5.74) is 4.09. The molecule has 1 aliphatic heterocycles. The molecule has 6 nitrogen and oxygen atoms in total. The third-order valence-corrected chi connectivity index (χ3v) is 6.22. The van der Waals surface area contributed by atoms with Crippen molar-refractivity contribution in [3.8, 4) is 6.07 Å². The van der Waals surface area contributed by atoms with E-state index in [1.807, 2.05) is 53.6 Å². The fourth-order valence-electron chi connectivity index (χ4n) is 4.60. The van der Waals surface area contributed by atoms with Crippen molar-refractivity contribution in [1.29, 1.82) is 5.26 Å². The summed E-state index contributed by atoms with van der Waals surface area (Å²) in [6, 6.07) is 18.3. The number of nitrogens with one attached hydrogen (secondary N) is 1. The number of benzene rings is 2. The molecule has 6 heteroatoms. The van der Waals surface area contributed by atoms with Crippen molar-refractivity contribution in [3.05, 3.63) is 72.2 Å². The van der Waals surface area contributed by atoms with E-state index in [1.165, 1.54) is 0 Å². The maximum Gasteiger partial charge on any atom is 0.246 e. The molecule has 0 radical (unpaired) electrons. The molecular formula is C26H25N5O. The zero-order chi connectivity index (χ0) is 21.9. The molecule has 5 rings (SSSR count). The van der Waals surface area contributed by atoms with E-state index in [4.69, 9.17) is 10.2 Å². The number of hydrogen-bond donors (Lipinski definition) is 1. The summed E-state index contributed by atoms with van der Waals surface area (Å²) in [5.74, 6) is 1.22. The molecule has 2 aromatic carbocycles. The van der Waals surface area contributed by atoms with Gasteiger partial charge in [0.25, 0.3) is 0 Å². The van der Waals surface area contributed by atoms with Gasteiger partial charge in [-0.2, -0.15) is 5.26 Å². The van der Waals surface area contributed by atoms with Gasteiger partial charge in [-0.15, -0.1) is 0 Å². The van der Waals surface area contributed by atoms with Gasteiger partial charge in [-0.3, -0.25) is 4.79 Å². The van der Waals surface area contributed by atoms with Crippen molar-refractivity contribution in [2.45, 2.75) is 31.7 Å². The number of nitrogens with zero attached hydrogens (tertiary/aromatic N) is 4. The van der Waals surface area contributed by atoms with Crippen LogP contribution in [-0.2, 0) is 11.3 Å². The molecule has 32 heavy (non-hydrogen) atoms. The normalized spacial score (nSPS) is 16.7. The molecule has 0 saturated carbocycles. The second kappa shape index (κ2) is 8.72. The molecular weight excluding hydrogens is 398 g/mol. The molecule has 0 bridgehead atoms. The van der Waals surface area contributed by atoms with Gasteiger partial charge in [-0.25, -0.2) is 4.98 Å². The number of fused-ring (bicyclic) bond motifs is 2. The van der Waals surface area contributed by atoms with E-state index in [0.29, 0.717) is 19.5 Å². The molecule has 0 aliphatic carbocycles. The Kier molecular flexibility index (Phi) is 5.47. The zero-order valence-corrected chi connectivity index (χ0v) is 17.9. The van der Waals surface area contributed by atoms with Crippen LogP contribution >= 0.6 is 0 Å². The summed E-state index contributed by atoms with van der Waals surface area (Å²) in [7, 11) is 0. The molecule has 160 valence electrons. The Bertz CT molecular complexity index is 1310. The molecule has 3 heterocycles. The number of aromatic nitrogens is 3. The molecule has 1 amide bonds. The summed E-state index contributed by atoms with van der Waals surface area (Å²) in [5, 5.41) is 10.0. The van der Waals surface area contributed by atoms with E-state index >= 15 is 0 Å². The first kappa shape index (κ1) is 20.1. The first-order chi connectivity index (χ1) is 15.7. The number of aromatic amines is 1. The zero-order valence-electron chi connectivity index (χ0n) is 17.9. The largest absolute Gasteiger partial charge is 0.346 e. The Morgan fingerprint density at radius 3 is 2.94 bits per heavy atom. The number of rotatable bonds is 5. The standard InChI is InChI=1S/C26H25N5O/c27-14-6-16-30-17-19(21-8-1-4-11-24(21)30)12-13-25(32)31-15-5-7-20(18-31)26-28-22-9-2-3-10-23(22)29-26/h1-4,8-13,17,20H,5-7,15-16,18H2,(H,28,29)/b13-12+. The summed E-state index contributed by atoms with van der Waals surface area (Å²) >= 11 is 0. The minimum absolute atomic E-state index is 0.0275. The lowest BCUT2D eigenvalue weighted by atomic mass is 9.97. The summed E-state index contributed by atoms with van der Waals surface area (Å²) < 4.78 is 2.08. The molecule has 4 aromatic rings. The average Bonchev–Trinajstić information content (AvgIpc) is 3.43. The predicted octanol–water partition coefficient (Wildman–Crippen LogP) is 4.85. The Labute approximate surface area is 186 Å². The van der Waals surface area contributed by atoms with Crippen LogP contribution in [-0.4, -0.2) is 38.4 Å². The lowest BCUT2D eigenvalue weighted by Gasteiger charge is -2.31. The topological polar surface area (TPSA) is 77.7 Å². The van der Waals surface area contributed by atoms with E-state index in [-0.39, 0.29) is 11.8 Å². The summed E-state index contributed by atoms with van der Waals surface area (Å²) in [4.78, 5) is 23.1. The highest BCUT2D eigenvalue weighted by atomic mass is 16.2. The Morgan fingerprint density at radius 1 is 1.22 bits per heavy atom. The van der Waals surface area contributed by atoms with Crippen LogP contribution in [0.25, 0.3) is 28.0 Å². The maximum atomic E-state index is 13.0.